The predicted octanol–water partition coefficient (Wildman–Crippen LogP) is 5.96. The van der Waals surface area contributed by atoms with Crippen LogP contribution >= 0.6 is 23.8 Å². The number of nitrogens with one attached hydrogen (secondary N) is 1. The molecule has 0 bridgehead atoms. The Hall–Kier alpha value is -3.68. The quantitative estimate of drug-likeness (QED) is 0.274. The van der Waals surface area contributed by atoms with Gasteiger partial charge in [-0.25, -0.2) is 4.79 Å². The van der Waals surface area contributed by atoms with Crippen molar-refractivity contribution < 1.29 is 13.9 Å². The van der Waals surface area contributed by atoms with Gasteiger partial charge in [-0.1, -0.05) is 29.8 Å². The lowest BCUT2D eigenvalue weighted by Crippen LogP contribution is -2.29. The van der Waals surface area contributed by atoms with Gasteiger partial charge >= 0.3 is 5.97 Å². The Morgan fingerprint density at radius 2 is 1.91 bits per heavy atom. The van der Waals surface area contributed by atoms with Crippen LogP contribution in [0.2, 0.25) is 5.02 Å². The van der Waals surface area contributed by atoms with Gasteiger partial charge in [-0.2, -0.15) is 0 Å². The number of carbonyl (C=O) groups is 1. The predicted molar refractivity (Wildman–Crippen MR) is 135 cm³/mol. The van der Waals surface area contributed by atoms with Gasteiger partial charge in [0.1, 0.15) is 17.6 Å². The molecular weight excluding hydrogens is 470 g/mol. The molecule has 2 atom stereocenters. The largest absolute Gasteiger partial charge is 0.465 e. The fourth-order valence-corrected chi connectivity index (χ4v) is 4.58. The van der Waals surface area contributed by atoms with Crippen molar-refractivity contribution in [1.82, 2.24) is 10.3 Å². The normalized spacial score (nSPS) is 17.5. The summed E-state index contributed by atoms with van der Waals surface area (Å²) >= 11 is 11.9. The van der Waals surface area contributed by atoms with Crippen molar-refractivity contribution in [3.8, 4) is 11.3 Å². The number of pyridine rings is 1. The average Bonchev–Trinajstić information content (AvgIpc) is 3.49. The van der Waals surface area contributed by atoms with E-state index in [-0.39, 0.29) is 12.1 Å². The van der Waals surface area contributed by atoms with Gasteiger partial charge in [0.2, 0.25) is 0 Å². The Labute approximate surface area is 207 Å². The summed E-state index contributed by atoms with van der Waals surface area (Å²) in [5.74, 6) is 0.939. The van der Waals surface area contributed by atoms with Gasteiger partial charge in [-0.05, 0) is 72.9 Å². The molecule has 0 amide bonds. The second-order valence-electron chi connectivity index (χ2n) is 7.75. The van der Waals surface area contributed by atoms with E-state index in [0.29, 0.717) is 27.2 Å². The molecule has 0 aliphatic carbocycles. The number of esters is 1. The summed E-state index contributed by atoms with van der Waals surface area (Å²) in [6.45, 7) is 0. The molecule has 1 aliphatic rings. The van der Waals surface area contributed by atoms with Gasteiger partial charge < -0.3 is 19.4 Å². The maximum Gasteiger partial charge on any atom is 0.337 e. The zero-order valence-electron chi connectivity index (χ0n) is 18.1. The highest BCUT2D eigenvalue weighted by atomic mass is 35.5. The lowest BCUT2D eigenvalue weighted by Gasteiger charge is -2.26. The van der Waals surface area contributed by atoms with Gasteiger partial charge in [0.25, 0.3) is 0 Å². The zero-order chi connectivity index (χ0) is 23.7. The molecular formula is C26H20ClN3O3S. The monoisotopic (exact) mass is 489 g/mol. The number of hydrogen-bond donors (Lipinski definition) is 1. The highest BCUT2D eigenvalue weighted by molar-refractivity contribution is 7.80. The Bertz CT molecular complexity index is 1340. The Morgan fingerprint density at radius 3 is 2.65 bits per heavy atom. The summed E-state index contributed by atoms with van der Waals surface area (Å²) < 4.78 is 11.2. The number of methoxy groups -OCH3 is 1. The van der Waals surface area contributed by atoms with Crippen LogP contribution in [-0.4, -0.2) is 23.2 Å². The SMILES string of the molecule is COC(=O)c1cccc(-c2ccc([C@H]3[C@@H](c4ccccn4)NC(=S)N3c3ccc(Cl)cc3)o2)c1. The van der Waals surface area contributed by atoms with Crippen LogP contribution in [0.4, 0.5) is 5.69 Å². The lowest BCUT2D eigenvalue weighted by molar-refractivity contribution is 0.0601. The number of thiocarbonyl (C=S) groups is 1. The number of aromatic nitrogens is 1. The van der Waals surface area contributed by atoms with Crippen LogP contribution in [0, 0.1) is 0 Å². The van der Waals surface area contributed by atoms with E-state index in [0.717, 1.165) is 16.9 Å². The van der Waals surface area contributed by atoms with E-state index < -0.39 is 5.97 Å². The fraction of sp³-hybridized carbons (Fsp3) is 0.115. The first-order valence-electron chi connectivity index (χ1n) is 10.6. The molecule has 0 radical (unpaired) electrons. The van der Waals surface area contributed by atoms with Gasteiger partial charge in [0, 0.05) is 22.5 Å². The fourth-order valence-electron chi connectivity index (χ4n) is 4.11. The minimum atomic E-state index is -0.400. The second kappa shape index (κ2) is 9.29. The van der Waals surface area contributed by atoms with Crippen molar-refractivity contribution in [3.05, 3.63) is 107 Å². The third-order valence-electron chi connectivity index (χ3n) is 5.69. The number of hydrogen-bond acceptors (Lipinski definition) is 5. The number of rotatable bonds is 5. The van der Waals surface area contributed by atoms with E-state index in [9.17, 15) is 4.79 Å². The number of furan rings is 1. The first kappa shape index (κ1) is 22.1. The number of nitrogens with zero attached hydrogens (tertiary/aromatic N) is 2. The molecule has 0 saturated carbocycles. The van der Waals surface area contributed by atoms with E-state index in [4.69, 9.17) is 33.0 Å². The van der Waals surface area contributed by atoms with Gasteiger partial charge in [0.15, 0.2) is 5.11 Å². The number of benzene rings is 2. The molecule has 4 aromatic rings. The lowest BCUT2D eigenvalue weighted by atomic mass is 10.0. The van der Waals surface area contributed by atoms with Crippen molar-refractivity contribution in [2.75, 3.05) is 12.0 Å². The standard InChI is InChI=1S/C26H20ClN3O3S/c1-32-25(31)17-6-4-5-16(15-17)21-12-13-22(33-21)24-23(20-7-2-3-14-28-20)29-26(34)30(24)19-10-8-18(27)9-11-19/h2-15,23-24H,1H3,(H,29,34)/t23-,24+/m1/s1. The highest BCUT2D eigenvalue weighted by Crippen LogP contribution is 2.43. The van der Waals surface area contributed by atoms with Crippen LogP contribution in [0.1, 0.15) is 33.9 Å². The topological polar surface area (TPSA) is 67.6 Å². The van der Waals surface area contributed by atoms with Crippen LogP contribution in [0.15, 0.2) is 89.5 Å². The van der Waals surface area contributed by atoms with E-state index in [2.05, 4.69) is 10.3 Å². The van der Waals surface area contributed by atoms with Crippen molar-refractivity contribution in [3.63, 3.8) is 0 Å². The van der Waals surface area contributed by atoms with E-state index >= 15 is 0 Å². The molecule has 0 spiro atoms. The van der Waals surface area contributed by atoms with E-state index in [1.807, 2.05) is 65.6 Å². The molecule has 1 saturated heterocycles. The first-order chi connectivity index (χ1) is 16.5. The molecule has 34 heavy (non-hydrogen) atoms. The molecule has 2 aromatic carbocycles. The van der Waals surface area contributed by atoms with Crippen LogP contribution in [-0.2, 0) is 4.74 Å². The minimum absolute atomic E-state index is 0.232. The summed E-state index contributed by atoms with van der Waals surface area (Å²) in [6, 6.07) is 23.7. The molecule has 170 valence electrons. The van der Waals surface area contributed by atoms with Gasteiger partial charge in [-0.3, -0.25) is 4.98 Å². The zero-order valence-corrected chi connectivity index (χ0v) is 19.7. The number of halogens is 1. The summed E-state index contributed by atoms with van der Waals surface area (Å²) in [7, 11) is 1.36. The van der Waals surface area contributed by atoms with Crippen molar-refractivity contribution >= 4 is 40.6 Å². The molecule has 1 N–H and O–H groups in total. The smallest absolute Gasteiger partial charge is 0.337 e. The molecule has 2 aromatic heterocycles. The Morgan fingerprint density at radius 1 is 1.09 bits per heavy atom. The van der Waals surface area contributed by atoms with Crippen molar-refractivity contribution in [1.29, 1.82) is 0 Å². The number of anilines is 1. The van der Waals surface area contributed by atoms with Crippen LogP contribution in [0.5, 0.6) is 0 Å². The summed E-state index contributed by atoms with van der Waals surface area (Å²) in [5.41, 5.74) is 2.96. The second-order valence-corrected chi connectivity index (χ2v) is 8.57. The maximum absolute atomic E-state index is 12.0. The van der Waals surface area contributed by atoms with Gasteiger partial charge in [-0.15, -0.1) is 0 Å². The summed E-state index contributed by atoms with van der Waals surface area (Å²) in [5, 5.41) is 4.61. The molecule has 5 rings (SSSR count). The molecule has 1 aliphatic heterocycles. The maximum atomic E-state index is 12.0. The Balaban J connectivity index is 1.57. The van der Waals surface area contributed by atoms with Gasteiger partial charge in [0.05, 0.1) is 24.4 Å². The van der Waals surface area contributed by atoms with Crippen molar-refractivity contribution in [2.45, 2.75) is 12.1 Å². The summed E-state index contributed by atoms with van der Waals surface area (Å²) in [4.78, 5) is 18.5. The highest BCUT2D eigenvalue weighted by Gasteiger charge is 2.42. The van der Waals surface area contributed by atoms with E-state index in [1.54, 1.807) is 24.4 Å². The molecule has 8 heteroatoms. The van der Waals surface area contributed by atoms with Crippen molar-refractivity contribution in [2.24, 2.45) is 0 Å². The van der Waals surface area contributed by atoms with Crippen LogP contribution in [0.3, 0.4) is 0 Å². The number of carbonyl (C=O) groups excluding carboxylic acids is 1. The first-order valence-corrected chi connectivity index (χ1v) is 11.4. The third-order valence-corrected chi connectivity index (χ3v) is 6.26. The van der Waals surface area contributed by atoms with Crippen LogP contribution in [0.25, 0.3) is 11.3 Å². The average molecular weight is 490 g/mol. The molecule has 6 nitrogen and oxygen atoms in total. The summed E-state index contributed by atoms with van der Waals surface area (Å²) in [6.07, 6.45) is 1.76. The Kier molecular flexibility index (Phi) is 6.04. The molecule has 1 fully saturated rings. The third kappa shape index (κ3) is 4.16. The molecule has 0 unspecified atom stereocenters. The van der Waals surface area contributed by atoms with E-state index in [1.165, 1.54) is 7.11 Å². The molecule has 3 heterocycles. The minimum Gasteiger partial charge on any atom is -0.465 e. The van der Waals surface area contributed by atoms with Crippen LogP contribution < -0.4 is 10.2 Å². The number of ether oxygens (including phenoxy) is 1.